The second-order valence-corrected chi connectivity index (χ2v) is 8.91. The smallest absolute Gasteiger partial charge is 0.287 e. The lowest BCUT2D eigenvalue weighted by molar-refractivity contribution is 0.00190. The molecular weight excluding hydrogens is 343 g/mol. The Kier molecular flexibility index (Phi) is 5.92. The molecule has 1 saturated carbocycles. The first-order valence-corrected chi connectivity index (χ1v) is 8.97. The summed E-state index contributed by atoms with van der Waals surface area (Å²) in [6, 6.07) is 0. The highest BCUT2D eigenvalue weighted by Crippen LogP contribution is 2.56. The molecule has 116 valence electrons. The Bertz CT molecular complexity index is 419. The van der Waals surface area contributed by atoms with Crippen molar-refractivity contribution in [3.63, 3.8) is 0 Å². The quantitative estimate of drug-likeness (QED) is 0.520. The van der Waals surface area contributed by atoms with E-state index in [1.807, 2.05) is 41.5 Å². The summed E-state index contributed by atoms with van der Waals surface area (Å²) >= 11 is 3.08. The van der Waals surface area contributed by atoms with Crippen molar-refractivity contribution in [1.29, 1.82) is 0 Å². The van der Waals surface area contributed by atoms with Crippen LogP contribution in [0.15, 0.2) is 0 Å². The number of phosphoric acid groups is 1. The summed E-state index contributed by atoms with van der Waals surface area (Å²) in [5, 5.41) is 0. The minimum Gasteiger partial charge on any atom is -0.287 e. The third-order valence-corrected chi connectivity index (χ3v) is 4.62. The highest BCUT2D eigenvalue weighted by atomic mass is 79.9. The van der Waals surface area contributed by atoms with Crippen molar-refractivity contribution in [3.05, 3.63) is 0 Å². The molecular formula is C14H24BrO4P. The zero-order valence-electron chi connectivity index (χ0n) is 13.0. The Hall–Kier alpha value is 0.150. The predicted octanol–water partition coefficient (Wildman–Crippen LogP) is 4.73. The van der Waals surface area contributed by atoms with Crippen LogP contribution in [0.2, 0.25) is 0 Å². The first kappa shape index (κ1) is 18.2. The normalized spacial score (nSPS) is 23.1. The van der Waals surface area contributed by atoms with Crippen LogP contribution in [-0.2, 0) is 18.1 Å². The van der Waals surface area contributed by atoms with E-state index in [-0.39, 0.29) is 0 Å². The maximum absolute atomic E-state index is 12.7. The van der Waals surface area contributed by atoms with Crippen molar-refractivity contribution in [2.24, 2.45) is 11.8 Å². The Morgan fingerprint density at radius 1 is 1.15 bits per heavy atom. The van der Waals surface area contributed by atoms with Gasteiger partial charge in [-0.2, -0.15) is 0 Å². The van der Waals surface area contributed by atoms with Crippen LogP contribution in [0.5, 0.6) is 0 Å². The predicted molar refractivity (Wildman–Crippen MR) is 83.5 cm³/mol. The molecule has 0 bridgehead atoms. The van der Waals surface area contributed by atoms with E-state index < -0.39 is 19.0 Å². The number of hydrogen-bond donors (Lipinski definition) is 0. The summed E-state index contributed by atoms with van der Waals surface area (Å²) in [6.45, 7) is 11.3. The molecule has 1 aliphatic carbocycles. The summed E-state index contributed by atoms with van der Waals surface area (Å²) in [5.74, 6) is 3.64. The summed E-state index contributed by atoms with van der Waals surface area (Å²) in [4.78, 5) is 2.71. The van der Waals surface area contributed by atoms with E-state index in [1.54, 1.807) is 0 Å². The minimum atomic E-state index is -3.58. The van der Waals surface area contributed by atoms with E-state index in [2.05, 4.69) is 26.7 Å². The molecule has 0 saturated heterocycles. The average Bonchev–Trinajstić information content (AvgIpc) is 2.88. The van der Waals surface area contributed by atoms with Gasteiger partial charge in [0, 0.05) is 21.8 Å². The van der Waals surface area contributed by atoms with E-state index in [1.165, 1.54) is 0 Å². The standard InChI is InChI=1S/C14H24BrO4P/c1-13(2,3)18-20(16,19-14(4,5)6)17-10-12-9-11(12)7-8-15/h11-12H,9-10H2,1-6H3/t11-,12+/m0/s1. The minimum absolute atomic E-state index is 0.306. The third kappa shape index (κ3) is 7.24. The maximum Gasteiger partial charge on any atom is 0.475 e. The van der Waals surface area contributed by atoms with Crippen LogP contribution in [0.4, 0.5) is 0 Å². The van der Waals surface area contributed by atoms with Gasteiger partial charge in [0.1, 0.15) is 0 Å². The molecule has 0 aromatic carbocycles. The number of phosphoric ester groups is 1. The molecule has 2 atom stereocenters. The van der Waals surface area contributed by atoms with Crippen LogP contribution in [0, 0.1) is 22.6 Å². The molecule has 0 N–H and O–H groups in total. The molecule has 4 nitrogen and oxygen atoms in total. The first-order valence-electron chi connectivity index (χ1n) is 6.71. The second kappa shape index (κ2) is 6.50. The van der Waals surface area contributed by atoms with Gasteiger partial charge < -0.3 is 0 Å². The fraction of sp³-hybridized carbons (Fsp3) is 0.857. The molecule has 1 aliphatic rings. The zero-order chi connectivity index (χ0) is 15.6. The SMILES string of the molecule is CC(C)(C)OP(=O)(OC[C@H]1C[C@@H]1C#CBr)OC(C)(C)C. The molecule has 0 spiro atoms. The van der Waals surface area contributed by atoms with Gasteiger partial charge in [-0.05, 0) is 58.7 Å². The van der Waals surface area contributed by atoms with E-state index >= 15 is 0 Å². The molecule has 0 unspecified atom stereocenters. The van der Waals surface area contributed by atoms with Gasteiger partial charge in [0.25, 0.3) is 0 Å². The summed E-state index contributed by atoms with van der Waals surface area (Å²) < 4.78 is 29.3. The van der Waals surface area contributed by atoms with Crippen LogP contribution < -0.4 is 0 Å². The molecule has 0 radical (unpaired) electrons. The lowest BCUT2D eigenvalue weighted by Gasteiger charge is -2.30. The van der Waals surface area contributed by atoms with Crippen molar-refractivity contribution < 1.29 is 18.1 Å². The fourth-order valence-corrected chi connectivity index (χ4v) is 3.76. The first-order chi connectivity index (χ1) is 8.94. The van der Waals surface area contributed by atoms with Gasteiger partial charge in [-0.1, -0.05) is 5.92 Å². The molecule has 1 rings (SSSR count). The Morgan fingerprint density at radius 2 is 1.65 bits per heavy atom. The molecule has 0 amide bonds. The number of halogens is 1. The molecule has 20 heavy (non-hydrogen) atoms. The van der Waals surface area contributed by atoms with Gasteiger partial charge in [0.2, 0.25) is 0 Å². The van der Waals surface area contributed by atoms with Gasteiger partial charge in [0.05, 0.1) is 17.8 Å². The van der Waals surface area contributed by atoms with Crippen LogP contribution in [0.3, 0.4) is 0 Å². The van der Waals surface area contributed by atoms with Crippen LogP contribution in [-0.4, -0.2) is 17.8 Å². The van der Waals surface area contributed by atoms with Crippen LogP contribution >= 0.6 is 23.8 Å². The zero-order valence-corrected chi connectivity index (χ0v) is 15.5. The van der Waals surface area contributed by atoms with Crippen molar-refractivity contribution in [3.8, 4) is 10.8 Å². The van der Waals surface area contributed by atoms with Crippen molar-refractivity contribution in [2.45, 2.75) is 59.2 Å². The van der Waals surface area contributed by atoms with E-state index in [9.17, 15) is 4.57 Å². The third-order valence-electron chi connectivity index (χ3n) is 2.38. The average molecular weight is 367 g/mol. The Labute approximate surface area is 130 Å². The largest absolute Gasteiger partial charge is 0.475 e. The van der Waals surface area contributed by atoms with Crippen LogP contribution in [0.1, 0.15) is 48.0 Å². The Balaban J connectivity index is 2.63. The van der Waals surface area contributed by atoms with Gasteiger partial charge >= 0.3 is 7.82 Å². The molecule has 0 heterocycles. The molecule has 6 heteroatoms. The van der Waals surface area contributed by atoms with Crippen LogP contribution in [0.25, 0.3) is 0 Å². The fourth-order valence-electron chi connectivity index (χ4n) is 1.61. The highest BCUT2D eigenvalue weighted by Gasteiger charge is 2.42. The van der Waals surface area contributed by atoms with Gasteiger partial charge in [-0.3, -0.25) is 13.6 Å². The molecule has 0 aromatic heterocycles. The monoisotopic (exact) mass is 366 g/mol. The second-order valence-electron chi connectivity index (χ2n) is 6.99. The highest BCUT2D eigenvalue weighted by molar-refractivity contribution is 9.12. The number of hydrogen-bond acceptors (Lipinski definition) is 4. The summed E-state index contributed by atoms with van der Waals surface area (Å²) in [6.07, 6.45) is 0.962. The maximum atomic E-state index is 12.7. The molecule has 0 aromatic rings. The summed E-state index contributed by atoms with van der Waals surface area (Å²) in [7, 11) is -3.58. The van der Waals surface area contributed by atoms with Crippen molar-refractivity contribution in [1.82, 2.24) is 0 Å². The Morgan fingerprint density at radius 3 is 2.05 bits per heavy atom. The van der Waals surface area contributed by atoms with E-state index in [0.29, 0.717) is 18.4 Å². The molecule has 0 aliphatic heterocycles. The van der Waals surface area contributed by atoms with Crippen molar-refractivity contribution in [2.75, 3.05) is 6.61 Å². The van der Waals surface area contributed by atoms with Gasteiger partial charge in [-0.25, -0.2) is 4.57 Å². The van der Waals surface area contributed by atoms with Crippen molar-refractivity contribution >= 4 is 23.8 Å². The topological polar surface area (TPSA) is 44.8 Å². The molecule has 1 fully saturated rings. The van der Waals surface area contributed by atoms with Gasteiger partial charge in [-0.15, -0.1) is 0 Å². The number of rotatable bonds is 5. The van der Waals surface area contributed by atoms with E-state index in [0.717, 1.165) is 6.42 Å². The summed E-state index contributed by atoms with van der Waals surface area (Å²) in [5.41, 5.74) is -1.20. The lowest BCUT2D eigenvalue weighted by Crippen LogP contribution is -2.25. The van der Waals surface area contributed by atoms with Gasteiger partial charge in [0.15, 0.2) is 0 Å². The lowest BCUT2D eigenvalue weighted by atomic mass is 10.2. The van der Waals surface area contributed by atoms with E-state index in [4.69, 9.17) is 13.6 Å².